The number of pyridine rings is 1. The van der Waals surface area contributed by atoms with Crippen LogP contribution in [0.25, 0.3) is 10.8 Å². The first-order valence-electron chi connectivity index (χ1n) is 7.37. The van der Waals surface area contributed by atoms with Crippen LogP contribution in [0.4, 0.5) is 0 Å². The summed E-state index contributed by atoms with van der Waals surface area (Å²) in [5.41, 5.74) is 2.12. The molecule has 0 aliphatic carbocycles. The van der Waals surface area contributed by atoms with Gasteiger partial charge in [0, 0.05) is 18.0 Å². The van der Waals surface area contributed by atoms with Gasteiger partial charge in [-0.05, 0) is 41.3 Å². The van der Waals surface area contributed by atoms with Gasteiger partial charge in [0.25, 0.3) is 0 Å². The molecule has 0 radical (unpaired) electrons. The second kappa shape index (κ2) is 6.57. The molecular weight excluding hydrogens is 290 g/mol. The number of ether oxygens (including phenoxy) is 3. The maximum absolute atomic E-state index is 5.37. The van der Waals surface area contributed by atoms with E-state index >= 15 is 0 Å². The van der Waals surface area contributed by atoms with Crippen LogP contribution in [0.3, 0.4) is 0 Å². The molecule has 0 amide bonds. The van der Waals surface area contributed by atoms with Crippen molar-refractivity contribution >= 4 is 10.8 Å². The molecule has 4 nitrogen and oxygen atoms in total. The van der Waals surface area contributed by atoms with E-state index < -0.39 is 0 Å². The van der Waals surface area contributed by atoms with E-state index in [1.54, 1.807) is 21.3 Å². The quantitative estimate of drug-likeness (QED) is 0.718. The fourth-order valence-electron chi connectivity index (χ4n) is 2.66. The molecule has 0 saturated heterocycles. The van der Waals surface area contributed by atoms with E-state index in [2.05, 4.69) is 4.98 Å². The van der Waals surface area contributed by atoms with E-state index in [9.17, 15) is 0 Å². The lowest BCUT2D eigenvalue weighted by atomic mass is 10.0. The molecule has 2 aromatic carbocycles. The van der Waals surface area contributed by atoms with Crippen LogP contribution >= 0.6 is 0 Å². The molecule has 3 rings (SSSR count). The summed E-state index contributed by atoms with van der Waals surface area (Å²) in [6, 6.07) is 14.0. The second-order valence-corrected chi connectivity index (χ2v) is 5.21. The van der Waals surface area contributed by atoms with E-state index in [4.69, 9.17) is 14.2 Å². The lowest BCUT2D eigenvalue weighted by Gasteiger charge is -2.11. The second-order valence-electron chi connectivity index (χ2n) is 5.21. The highest BCUT2D eigenvalue weighted by atomic mass is 16.5. The van der Waals surface area contributed by atoms with Gasteiger partial charge in [-0.3, -0.25) is 4.98 Å². The van der Waals surface area contributed by atoms with E-state index in [0.717, 1.165) is 39.3 Å². The average molecular weight is 309 g/mol. The van der Waals surface area contributed by atoms with Gasteiger partial charge in [0.1, 0.15) is 5.75 Å². The Kier molecular flexibility index (Phi) is 4.33. The molecule has 23 heavy (non-hydrogen) atoms. The van der Waals surface area contributed by atoms with Crippen molar-refractivity contribution in [3.05, 3.63) is 59.9 Å². The van der Waals surface area contributed by atoms with E-state index in [1.807, 2.05) is 48.7 Å². The Morgan fingerprint density at radius 2 is 1.65 bits per heavy atom. The molecule has 1 aromatic heterocycles. The molecule has 0 unspecified atom stereocenters. The molecule has 0 fully saturated rings. The third-order valence-corrected chi connectivity index (χ3v) is 3.88. The summed E-state index contributed by atoms with van der Waals surface area (Å²) in [6.07, 6.45) is 2.55. The first-order valence-corrected chi connectivity index (χ1v) is 7.37. The highest BCUT2D eigenvalue weighted by molar-refractivity contribution is 5.86. The first kappa shape index (κ1) is 15.2. The zero-order valence-corrected chi connectivity index (χ0v) is 13.5. The van der Waals surface area contributed by atoms with Crippen molar-refractivity contribution in [2.24, 2.45) is 0 Å². The summed E-state index contributed by atoms with van der Waals surface area (Å²) in [6.45, 7) is 0. The zero-order valence-electron chi connectivity index (χ0n) is 13.5. The van der Waals surface area contributed by atoms with Crippen LogP contribution in [-0.4, -0.2) is 26.3 Å². The van der Waals surface area contributed by atoms with Gasteiger partial charge < -0.3 is 14.2 Å². The Morgan fingerprint density at radius 3 is 2.39 bits per heavy atom. The number of hydrogen-bond acceptors (Lipinski definition) is 4. The fourth-order valence-corrected chi connectivity index (χ4v) is 2.66. The highest BCUT2D eigenvalue weighted by Crippen LogP contribution is 2.30. The molecule has 0 spiro atoms. The van der Waals surface area contributed by atoms with Crippen molar-refractivity contribution < 1.29 is 14.2 Å². The van der Waals surface area contributed by atoms with Crippen molar-refractivity contribution in [3.63, 3.8) is 0 Å². The lowest BCUT2D eigenvalue weighted by molar-refractivity contribution is 0.354. The van der Waals surface area contributed by atoms with Crippen molar-refractivity contribution in [1.29, 1.82) is 0 Å². The van der Waals surface area contributed by atoms with E-state index in [1.165, 1.54) is 0 Å². The van der Waals surface area contributed by atoms with Crippen LogP contribution in [0.15, 0.2) is 48.7 Å². The Balaban J connectivity index is 2.01. The molecule has 3 aromatic rings. The molecule has 0 bridgehead atoms. The Morgan fingerprint density at radius 1 is 0.826 bits per heavy atom. The number of aromatic nitrogens is 1. The minimum atomic E-state index is 0.713. The van der Waals surface area contributed by atoms with Crippen LogP contribution in [0, 0.1) is 0 Å². The molecule has 0 aliphatic rings. The summed E-state index contributed by atoms with van der Waals surface area (Å²) in [7, 11) is 4.95. The first-order chi connectivity index (χ1) is 11.2. The molecule has 0 atom stereocenters. The number of rotatable bonds is 5. The third kappa shape index (κ3) is 3.06. The van der Waals surface area contributed by atoms with Gasteiger partial charge in [-0.25, -0.2) is 0 Å². The molecule has 4 heteroatoms. The molecule has 0 saturated carbocycles. The number of methoxy groups -OCH3 is 3. The Bertz CT molecular complexity index is 830. The number of hydrogen-bond donors (Lipinski definition) is 0. The SMILES string of the molecule is COc1ccc2ccnc(Cc3ccc(OC)c(OC)c3)c2c1. The van der Waals surface area contributed by atoms with Gasteiger partial charge in [-0.2, -0.15) is 0 Å². The summed E-state index contributed by atoms with van der Waals surface area (Å²) in [5, 5.41) is 2.25. The topological polar surface area (TPSA) is 40.6 Å². The number of fused-ring (bicyclic) bond motifs is 1. The minimum absolute atomic E-state index is 0.713. The summed E-state index contributed by atoms with van der Waals surface area (Å²) in [5.74, 6) is 2.28. The Hall–Kier alpha value is -2.75. The van der Waals surface area contributed by atoms with Crippen LogP contribution in [0.5, 0.6) is 17.2 Å². The molecule has 0 aliphatic heterocycles. The van der Waals surface area contributed by atoms with E-state index in [0.29, 0.717) is 6.42 Å². The van der Waals surface area contributed by atoms with Gasteiger partial charge in [0.05, 0.1) is 27.0 Å². The van der Waals surface area contributed by atoms with Crippen molar-refractivity contribution in [2.75, 3.05) is 21.3 Å². The van der Waals surface area contributed by atoms with Gasteiger partial charge in [-0.1, -0.05) is 12.1 Å². The monoisotopic (exact) mass is 309 g/mol. The number of nitrogens with zero attached hydrogens (tertiary/aromatic N) is 1. The van der Waals surface area contributed by atoms with Crippen LogP contribution in [0.2, 0.25) is 0 Å². The number of benzene rings is 2. The lowest BCUT2D eigenvalue weighted by Crippen LogP contribution is -1.96. The maximum atomic E-state index is 5.37. The van der Waals surface area contributed by atoms with E-state index in [-0.39, 0.29) is 0 Å². The maximum Gasteiger partial charge on any atom is 0.160 e. The van der Waals surface area contributed by atoms with Gasteiger partial charge in [0.2, 0.25) is 0 Å². The largest absolute Gasteiger partial charge is 0.497 e. The average Bonchev–Trinajstić information content (AvgIpc) is 2.61. The molecular formula is C19H19NO3. The minimum Gasteiger partial charge on any atom is -0.497 e. The van der Waals surface area contributed by atoms with Gasteiger partial charge in [0.15, 0.2) is 11.5 Å². The summed E-state index contributed by atoms with van der Waals surface area (Å²) >= 11 is 0. The standard InChI is InChI=1S/C19H19NO3/c1-21-15-6-5-14-8-9-20-17(16(14)12-15)10-13-4-7-18(22-2)19(11-13)23-3/h4-9,11-12H,10H2,1-3H3. The fraction of sp³-hybridized carbons (Fsp3) is 0.211. The molecule has 1 heterocycles. The van der Waals surface area contributed by atoms with Crippen molar-refractivity contribution in [2.45, 2.75) is 6.42 Å². The predicted octanol–water partition coefficient (Wildman–Crippen LogP) is 3.85. The van der Waals surface area contributed by atoms with Crippen LogP contribution in [0.1, 0.15) is 11.3 Å². The third-order valence-electron chi connectivity index (χ3n) is 3.88. The van der Waals surface area contributed by atoms with Gasteiger partial charge >= 0.3 is 0 Å². The Labute approximate surface area is 135 Å². The molecule has 118 valence electrons. The highest BCUT2D eigenvalue weighted by Gasteiger charge is 2.09. The normalized spacial score (nSPS) is 10.6. The van der Waals surface area contributed by atoms with Crippen LogP contribution < -0.4 is 14.2 Å². The predicted molar refractivity (Wildman–Crippen MR) is 90.6 cm³/mol. The van der Waals surface area contributed by atoms with Crippen molar-refractivity contribution in [3.8, 4) is 17.2 Å². The van der Waals surface area contributed by atoms with Crippen LogP contribution in [-0.2, 0) is 6.42 Å². The zero-order chi connectivity index (χ0) is 16.2. The molecule has 0 N–H and O–H groups in total. The summed E-state index contributed by atoms with van der Waals surface area (Å²) < 4.78 is 16.0. The smallest absolute Gasteiger partial charge is 0.160 e. The summed E-state index contributed by atoms with van der Waals surface area (Å²) in [4.78, 5) is 4.55. The van der Waals surface area contributed by atoms with Gasteiger partial charge in [-0.15, -0.1) is 0 Å². The van der Waals surface area contributed by atoms with Crippen molar-refractivity contribution in [1.82, 2.24) is 4.98 Å².